The SMILES string of the molecule is CC(c1ccc(Cl)c(Cl)c1)n1c(=O)ccc2cnc(Nc3ccc(N4CCN(C)CC4)cc3)nc21. The number of likely N-dealkylation sites (N-methyl/N-ethyl adjacent to an activating group) is 1. The molecule has 2 aromatic heterocycles. The van der Waals surface area contributed by atoms with Gasteiger partial charge in [0, 0.05) is 55.2 Å². The smallest absolute Gasteiger partial charge is 0.252 e. The third-order valence-corrected chi connectivity index (χ3v) is 7.21. The molecular weight excluding hydrogens is 483 g/mol. The van der Waals surface area contributed by atoms with Crippen LogP contribution in [0.15, 0.2) is 65.6 Å². The van der Waals surface area contributed by atoms with Crippen LogP contribution in [-0.2, 0) is 0 Å². The standard InChI is InChI=1S/C26H26Cl2N6O/c1-17(18-3-9-22(27)23(28)15-18)34-24(35)10-4-19-16-29-26(31-25(19)34)30-20-5-7-21(8-6-20)33-13-11-32(2)12-14-33/h3-10,15-17H,11-14H2,1-2H3,(H,29,30,31). The topological polar surface area (TPSA) is 66.3 Å². The lowest BCUT2D eigenvalue weighted by Crippen LogP contribution is -2.44. The van der Waals surface area contributed by atoms with E-state index in [1.165, 1.54) is 11.8 Å². The molecule has 4 aromatic rings. The number of hydrogen-bond acceptors (Lipinski definition) is 6. The van der Waals surface area contributed by atoms with Gasteiger partial charge in [0.2, 0.25) is 5.95 Å². The van der Waals surface area contributed by atoms with E-state index in [-0.39, 0.29) is 11.6 Å². The van der Waals surface area contributed by atoms with Gasteiger partial charge < -0.3 is 15.1 Å². The number of aromatic nitrogens is 3. The largest absolute Gasteiger partial charge is 0.369 e. The fourth-order valence-electron chi connectivity index (χ4n) is 4.34. The quantitative estimate of drug-likeness (QED) is 0.399. The summed E-state index contributed by atoms with van der Waals surface area (Å²) < 4.78 is 1.65. The van der Waals surface area contributed by atoms with Crippen molar-refractivity contribution in [1.29, 1.82) is 0 Å². The van der Waals surface area contributed by atoms with E-state index in [0.717, 1.165) is 42.8 Å². The summed E-state index contributed by atoms with van der Waals surface area (Å²) in [6.45, 7) is 6.10. The zero-order chi connectivity index (χ0) is 24.5. The van der Waals surface area contributed by atoms with E-state index in [9.17, 15) is 4.79 Å². The molecule has 1 N–H and O–H groups in total. The Hall–Kier alpha value is -3.13. The van der Waals surface area contributed by atoms with Gasteiger partial charge in [-0.2, -0.15) is 4.98 Å². The van der Waals surface area contributed by atoms with Crippen molar-refractivity contribution in [3.63, 3.8) is 0 Å². The van der Waals surface area contributed by atoms with Crippen molar-refractivity contribution in [1.82, 2.24) is 19.4 Å². The molecule has 1 aliphatic rings. The second kappa shape index (κ2) is 9.85. The molecule has 1 aliphatic heterocycles. The van der Waals surface area contributed by atoms with Gasteiger partial charge in [0.05, 0.1) is 16.1 Å². The molecule has 3 heterocycles. The van der Waals surface area contributed by atoms with Crippen LogP contribution in [0.4, 0.5) is 17.3 Å². The molecule has 0 spiro atoms. The summed E-state index contributed by atoms with van der Waals surface area (Å²) >= 11 is 12.3. The van der Waals surface area contributed by atoms with Crippen molar-refractivity contribution in [3.8, 4) is 0 Å². The van der Waals surface area contributed by atoms with E-state index in [1.807, 2.05) is 25.1 Å². The number of piperazine rings is 1. The van der Waals surface area contributed by atoms with Gasteiger partial charge in [-0.3, -0.25) is 9.36 Å². The third kappa shape index (κ3) is 4.98. The Morgan fingerprint density at radius 1 is 0.943 bits per heavy atom. The van der Waals surface area contributed by atoms with Crippen LogP contribution in [0.2, 0.25) is 10.0 Å². The molecule has 0 radical (unpaired) electrons. The first-order chi connectivity index (χ1) is 16.9. The van der Waals surface area contributed by atoms with E-state index in [4.69, 9.17) is 28.2 Å². The highest BCUT2D eigenvalue weighted by Gasteiger charge is 2.17. The van der Waals surface area contributed by atoms with Gasteiger partial charge in [-0.1, -0.05) is 29.3 Å². The van der Waals surface area contributed by atoms with Gasteiger partial charge in [0.1, 0.15) is 5.65 Å². The summed E-state index contributed by atoms with van der Waals surface area (Å²) in [5.41, 5.74) is 3.33. The lowest BCUT2D eigenvalue weighted by atomic mass is 10.1. The Labute approximate surface area is 213 Å². The molecule has 1 unspecified atom stereocenters. The summed E-state index contributed by atoms with van der Waals surface area (Å²) in [6.07, 6.45) is 1.72. The van der Waals surface area contributed by atoms with Crippen molar-refractivity contribution >= 4 is 51.6 Å². The Kier molecular flexibility index (Phi) is 6.65. The van der Waals surface area contributed by atoms with Gasteiger partial charge >= 0.3 is 0 Å². The first kappa shape index (κ1) is 23.6. The number of nitrogens with one attached hydrogen (secondary N) is 1. The van der Waals surface area contributed by atoms with Crippen molar-refractivity contribution in [2.45, 2.75) is 13.0 Å². The Morgan fingerprint density at radius 3 is 2.40 bits per heavy atom. The summed E-state index contributed by atoms with van der Waals surface area (Å²) in [4.78, 5) is 26.8. The number of nitrogens with zero attached hydrogens (tertiary/aromatic N) is 5. The maximum atomic E-state index is 12.9. The number of benzene rings is 2. The van der Waals surface area contributed by atoms with Crippen molar-refractivity contribution in [2.24, 2.45) is 0 Å². The Bertz CT molecular complexity index is 1410. The zero-order valence-corrected chi connectivity index (χ0v) is 21.1. The molecule has 9 heteroatoms. The van der Waals surface area contributed by atoms with Crippen molar-refractivity contribution in [2.75, 3.05) is 43.4 Å². The van der Waals surface area contributed by atoms with Crippen molar-refractivity contribution in [3.05, 3.63) is 86.8 Å². The summed E-state index contributed by atoms with van der Waals surface area (Å²) in [6, 6.07) is 16.6. The molecule has 180 valence electrons. The monoisotopic (exact) mass is 508 g/mol. The molecule has 0 aliphatic carbocycles. The molecule has 0 saturated carbocycles. The molecule has 2 aromatic carbocycles. The molecule has 1 atom stereocenters. The lowest BCUT2D eigenvalue weighted by Gasteiger charge is -2.34. The number of halogens is 2. The zero-order valence-electron chi connectivity index (χ0n) is 19.6. The van der Waals surface area contributed by atoms with Crippen LogP contribution in [0, 0.1) is 0 Å². The highest BCUT2D eigenvalue weighted by Crippen LogP contribution is 2.28. The molecule has 0 amide bonds. The highest BCUT2D eigenvalue weighted by atomic mass is 35.5. The molecule has 35 heavy (non-hydrogen) atoms. The van der Waals surface area contributed by atoms with Gasteiger partial charge in [-0.15, -0.1) is 0 Å². The predicted octanol–water partition coefficient (Wildman–Crippen LogP) is 5.20. The van der Waals surface area contributed by atoms with Crippen LogP contribution >= 0.6 is 23.2 Å². The number of fused-ring (bicyclic) bond motifs is 1. The number of anilines is 3. The minimum absolute atomic E-state index is 0.155. The van der Waals surface area contributed by atoms with Crippen LogP contribution in [0.1, 0.15) is 18.5 Å². The highest BCUT2D eigenvalue weighted by molar-refractivity contribution is 6.42. The first-order valence-electron chi connectivity index (χ1n) is 11.5. The van der Waals surface area contributed by atoms with E-state index in [1.54, 1.807) is 29.0 Å². The van der Waals surface area contributed by atoms with Crippen LogP contribution in [0.25, 0.3) is 11.0 Å². The molecule has 5 rings (SSSR count). The number of hydrogen-bond donors (Lipinski definition) is 1. The van der Waals surface area contributed by atoms with Crippen LogP contribution in [-0.4, -0.2) is 52.7 Å². The van der Waals surface area contributed by atoms with E-state index in [0.29, 0.717) is 21.6 Å². The lowest BCUT2D eigenvalue weighted by molar-refractivity contribution is 0.313. The van der Waals surface area contributed by atoms with Crippen LogP contribution < -0.4 is 15.8 Å². The van der Waals surface area contributed by atoms with Gasteiger partial charge in [0.25, 0.3) is 5.56 Å². The normalized spacial score (nSPS) is 15.4. The average molecular weight is 509 g/mol. The number of pyridine rings is 1. The third-order valence-electron chi connectivity index (χ3n) is 6.47. The van der Waals surface area contributed by atoms with Crippen LogP contribution in [0.3, 0.4) is 0 Å². The maximum Gasteiger partial charge on any atom is 0.252 e. The predicted molar refractivity (Wildman–Crippen MR) is 144 cm³/mol. The fraction of sp³-hybridized carbons (Fsp3) is 0.269. The van der Waals surface area contributed by atoms with Gasteiger partial charge in [-0.25, -0.2) is 4.98 Å². The minimum atomic E-state index is -0.299. The summed E-state index contributed by atoms with van der Waals surface area (Å²) in [7, 11) is 2.15. The van der Waals surface area contributed by atoms with Crippen LogP contribution in [0.5, 0.6) is 0 Å². The van der Waals surface area contributed by atoms with Gasteiger partial charge in [0.15, 0.2) is 0 Å². The Balaban J connectivity index is 1.43. The number of rotatable bonds is 5. The molecule has 1 fully saturated rings. The summed E-state index contributed by atoms with van der Waals surface area (Å²) in [5.74, 6) is 0.422. The second-order valence-corrected chi connectivity index (χ2v) is 9.64. The van der Waals surface area contributed by atoms with Gasteiger partial charge in [-0.05, 0) is 62.0 Å². The first-order valence-corrected chi connectivity index (χ1v) is 12.3. The summed E-state index contributed by atoms with van der Waals surface area (Å²) in [5, 5.41) is 4.96. The molecule has 1 saturated heterocycles. The fourth-order valence-corrected chi connectivity index (χ4v) is 4.65. The van der Waals surface area contributed by atoms with Crippen molar-refractivity contribution < 1.29 is 0 Å². The maximum absolute atomic E-state index is 12.9. The second-order valence-electron chi connectivity index (χ2n) is 8.83. The minimum Gasteiger partial charge on any atom is -0.369 e. The Morgan fingerprint density at radius 2 is 1.69 bits per heavy atom. The molecule has 7 nitrogen and oxygen atoms in total. The van der Waals surface area contributed by atoms with E-state index in [2.05, 4.69) is 39.3 Å². The molecular formula is C26H26Cl2N6O. The average Bonchev–Trinajstić information content (AvgIpc) is 2.86. The van der Waals surface area contributed by atoms with E-state index < -0.39 is 0 Å². The molecule has 0 bridgehead atoms. The van der Waals surface area contributed by atoms with E-state index >= 15 is 0 Å².